The van der Waals surface area contributed by atoms with Gasteiger partial charge in [0.2, 0.25) is 6.39 Å². The lowest BCUT2D eigenvalue weighted by molar-refractivity contribution is 0.393. The van der Waals surface area contributed by atoms with Crippen LogP contribution in [0.4, 0.5) is 0 Å². The Hall–Kier alpha value is -1.72. The predicted octanol–water partition coefficient (Wildman–Crippen LogP) is 6.15. The van der Waals surface area contributed by atoms with E-state index in [0.717, 1.165) is 11.8 Å². The van der Waals surface area contributed by atoms with Crippen LogP contribution in [0, 0.1) is 11.8 Å². The van der Waals surface area contributed by atoms with Gasteiger partial charge in [-0.15, -0.1) is 5.10 Å². The molecule has 2 aromatic heterocycles. The van der Waals surface area contributed by atoms with Crippen LogP contribution in [0.15, 0.2) is 34.2 Å². The second kappa shape index (κ2) is 37.0. The van der Waals surface area contributed by atoms with Gasteiger partial charge in [0.1, 0.15) is 6.26 Å². The van der Waals surface area contributed by atoms with Crippen LogP contribution >= 0.6 is 0 Å². The van der Waals surface area contributed by atoms with E-state index in [9.17, 15) is 0 Å². The molecule has 0 amide bonds. The van der Waals surface area contributed by atoms with E-state index in [1.807, 2.05) is 27.7 Å². The molecular formula is C17H40N4O2. The smallest absolute Gasteiger partial charge is 0.213 e. The van der Waals surface area contributed by atoms with E-state index in [2.05, 4.69) is 71.1 Å². The van der Waals surface area contributed by atoms with Crippen LogP contribution in [-0.4, -0.2) is 20.5 Å². The summed E-state index contributed by atoms with van der Waals surface area (Å²) >= 11 is 0. The molecule has 0 aromatic carbocycles. The number of aromatic nitrogens is 4. The fourth-order valence-corrected chi connectivity index (χ4v) is 0.272. The van der Waals surface area contributed by atoms with Gasteiger partial charge in [-0.1, -0.05) is 81.8 Å². The number of hydrogen-bond donors (Lipinski definition) is 0. The molecule has 0 aliphatic heterocycles. The zero-order valence-electron chi connectivity index (χ0n) is 16.1. The number of hydrogen-bond acceptors (Lipinski definition) is 6. The van der Waals surface area contributed by atoms with Crippen molar-refractivity contribution in [2.45, 2.75) is 76.7 Å². The lowest BCUT2D eigenvalue weighted by Gasteiger charge is -1.79. The lowest BCUT2D eigenvalue weighted by Crippen LogP contribution is -1.66. The topological polar surface area (TPSA) is 77.8 Å². The maximum Gasteiger partial charge on any atom is 0.213 e. The van der Waals surface area contributed by atoms with E-state index in [0.29, 0.717) is 0 Å². The first kappa shape index (κ1) is 33.0. The van der Waals surface area contributed by atoms with Crippen molar-refractivity contribution in [3.8, 4) is 0 Å². The van der Waals surface area contributed by atoms with Crippen molar-refractivity contribution < 1.29 is 9.05 Å². The highest BCUT2D eigenvalue weighted by atomic mass is 16.5. The summed E-state index contributed by atoms with van der Waals surface area (Å²) in [4.78, 5) is 3.44. The largest absolute Gasteiger partial charge is 0.346 e. The third-order valence-corrected chi connectivity index (χ3v) is 0.565. The molecule has 2 heterocycles. The van der Waals surface area contributed by atoms with Crippen molar-refractivity contribution in [2.24, 2.45) is 11.8 Å². The summed E-state index contributed by atoms with van der Waals surface area (Å²) in [7, 11) is 0. The van der Waals surface area contributed by atoms with E-state index in [4.69, 9.17) is 0 Å². The molecule has 0 unspecified atom stereocenters. The molecule has 0 N–H and O–H groups in total. The molecule has 140 valence electrons. The Balaban J connectivity index is -0.0000000580. The molecule has 23 heavy (non-hydrogen) atoms. The summed E-state index contributed by atoms with van der Waals surface area (Å²) < 4.78 is 8.44. The first-order valence-corrected chi connectivity index (χ1v) is 7.87. The molecule has 0 radical (unpaired) electrons. The van der Waals surface area contributed by atoms with Gasteiger partial charge < -0.3 is 9.05 Å². The van der Waals surface area contributed by atoms with Crippen molar-refractivity contribution in [1.82, 2.24) is 20.5 Å². The van der Waals surface area contributed by atoms with E-state index in [1.54, 1.807) is 0 Å². The second-order valence-electron chi connectivity index (χ2n) is 4.63. The number of rotatable bonds is 0. The summed E-state index contributed by atoms with van der Waals surface area (Å²) in [6.07, 6.45) is 5.47. The summed E-state index contributed by atoms with van der Waals surface area (Å²) in [5, 5.41) is 9.64. The Labute approximate surface area is 144 Å². The van der Waals surface area contributed by atoms with Gasteiger partial charge in [-0.2, -0.15) is 0 Å². The molecule has 0 aliphatic carbocycles. The van der Waals surface area contributed by atoms with E-state index >= 15 is 0 Å². The summed E-state index contributed by atoms with van der Waals surface area (Å²) in [5.74, 6) is 1.67. The average Bonchev–Trinajstić information content (AvgIpc) is 3.20. The van der Waals surface area contributed by atoms with Crippen LogP contribution in [-0.2, 0) is 0 Å². The quantitative estimate of drug-likeness (QED) is 0.575. The molecule has 6 heteroatoms. The maximum atomic E-state index is 4.22. The van der Waals surface area contributed by atoms with Crippen molar-refractivity contribution in [3.63, 3.8) is 0 Å². The van der Waals surface area contributed by atoms with Gasteiger partial charge in [0.05, 0.1) is 6.20 Å². The Morgan fingerprint density at radius 1 is 0.783 bits per heavy atom. The molecule has 0 saturated heterocycles. The Morgan fingerprint density at radius 2 is 1.22 bits per heavy atom. The Kier molecular flexibility index (Phi) is 53.1. The Morgan fingerprint density at radius 3 is 1.30 bits per heavy atom. The molecule has 0 aliphatic rings. The zero-order chi connectivity index (χ0) is 18.2. The fraction of sp³-hybridized carbons (Fsp3) is 0.765. The van der Waals surface area contributed by atoms with Crippen LogP contribution in [0.2, 0.25) is 0 Å². The maximum absolute atomic E-state index is 4.22. The highest BCUT2D eigenvalue weighted by Crippen LogP contribution is 1.81. The molecular weight excluding hydrogens is 292 g/mol. The minimum Gasteiger partial charge on any atom is -0.346 e. The monoisotopic (exact) mass is 332 g/mol. The molecule has 0 atom stereocenters. The summed E-state index contributed by atoms with van der Waals surface area (Å²) in [6, 6.07) is 0. The first-order valence-electron chi connectivity index (χ1n) is 7.87. The predicted molar refractivity (Wildman–Crippen MR) is 99.0 cm³/mol. The first-order chi connectivity index (χ1) is 10.5. The van der Waals surface area contributed by atoms with Crippen molar-refractivity contribution >= 4 is 0 Å². The van der Waals surface area contributed by atoms with E-state index in [1.165, 1.54) is 25.2 Å². The van der Waals surface area contributed by atoms with Crippen molar-refractivity contribution in [2.75, 3.05) is 0 Å². The minimum atomic E-state index is 0. The SMILES string of the molecule is C.CC.CC.CC(C)C.CC(C)C.c1conn1.c1ncon1. The van der Waals surface area contributed by atoms with E-state index < -0.39 is 0 Å². The Bertz CT molecular complexity index is 224. The average molecular weight is 333 g/mol. The third-order valence-electron chi connectivity index (χ3n) is 0.565. The van der Waals surface area contributed by atoms with E-state index in [-0.39, 0.29) is 7.43 Å². The lowest BCUT2D eigenvalue weighted by atomic mass is 10.3. The second-order valence-corrected chi connectivity index (χ2v) is 4.63. The van der Waals surface area contributed by atoms with Crippen LogP contribution < -0.4 is 0 Å². The fourth-order valence-electron chi connectivity index (χ4n) is 0.272. The minimum absolute atomic E-state index is 0. The van der Waals surface area contributed by atoms with Gasteiger partial charge in [-0.05, 0) is 11.8 Å². The highest BCUT2D eigenvalue weighted by molar-refractivity contribution is 4.48. The van der Waals surface area contributed by atoms with Gasteiger partial charge in [0.25, 0.3) is 0 Å². The molecule has 0 fully saturated rings. The number of nitrogens with zero attached hydrogens (tertiary/aromatic N) is 4. The molecule has 2 aromatic rings. The van der Waals surface area contributed by atoms with Crippen LogP contribution in [0.1, 0.15) is 76.7 Å². The molecule has 0 saturated carbocycles. The van der Waals surface area contributed by atoms with Gasteiger partial charge in [-0.25, -0.2) is 4.98 Å². The van der Waals surface area contributed by atoms with Crippen molar-refractivity contribution in [1.29, 1.82) is 0 Å². The molecule has 2 rings (SSSR count). The van der Waals surface area contributed by atoms with Gasteiger partial charge >= 0.3 is 0 Å². The third kappa shape index (κ3) is 98.8. The zero-order valence-corrected chi connectivity index (χ0v) is 16.1. The van der Waals surface area contributed by atoms with Crippen molar-refractivity contribution in [3.05, 3.63) is 25.2 Å². The standard InChI is InChI=1S/2C4H10.2C2H2N2O.2C2H6.CH4/c2*1-4(2)3;1-3-2-5-4-1;1-2-5-4-3-1;2*1-2;/h2*4H,1-3H3;2*1-2H;2*1-2H3;1H4. The van der Waals surface area contributed by atoms with Gasteiger partial charge in [-0.3, -0.25) is 0 Å². The van der Waals surface area contributed by atoms with Crippen LogP contribution in [0.25, 0.3) is 0 Å². The summed E-state index contributed by atoms with van der Waals surface area (Å²) in [5.41, 5.74) is 0. The summed E-state index contributed by atoms with van der Waals surface area (Å²) in [6.45, 7) is 21.0. The van der Waals surface area contributed by atoms with Gasteiger partial charge in [0.15, 0.2) is 6.33 Å². The molecule has 6 nitrogen and oxygen atoms in total. The molecule has 0 bridgehead atoms. The van der Waals surface area contributed by atoms with Crippen LogP contribution in [0.5, 0.6) is 0 Å². The van der Waals surface area contributed by atoms with Crippen LogP contribution in [0.3, 0.4) is 0 Å². The van der Waals surface area contributed by atoms with Gasteiger partial charge in [0, 0.05) is 5.27 Å². The normalized spacial score (nSPS) is 7.13. The molecule has 0 spiro atoms. The highest BCUT2D eigenvalue weighted by Gasteiger charge is 1.68.